The van der Waals surface area contributed by atoms with E-state index in [9.17, 15) is 18.0 Å². The van der Waals surface area contributed by atoms with Crippen LogP contribution in [0.15, 0.2) is 66.7 Å². The highest BCUT2D eigenvalue weighted by molar-refractivity contribution is 7.92. The minimum atomic E-state index is -3.60. The second kappa shape index (κ2) is 15.3. The normalized spacial score (nSPS) is 14.3. The third-order valence-corrected chi connectivity index (χ3v) is 10.2. The molecule has 0 radical (unpaired) electrons. The molecule has 4 rings (SSSR count). The molecule has 0 aliphatic heterocycles. The Kier molecular flexibility index (Phi) is 11.7. The van der Waals surface area contributed by atoms with E-state index >= 15 is 0 Å². The van der Waals surface area contributed by atoms with Gasteiger partial charge in [-0.3, -0.25) is 13.9 Å². The lowest BCUT2D eigenvalue weighted by Crippen LogP contribution is -2.52. The van der Waals surface area contributed by atoms with E-state index in [4.69, 9.17) is 23.2 Å². The molecule has 0 heterocycles. The molecule has 10 heteroatoms. The molecule has 1 saturated carbocycles. The Labute approximate surface area is 271 Å². The maximum absolute atomic E-state index is 14.1. The first kappa shape index (κ1) is 33.8. The number of aryl methyl sites for hydroxylation is 1. The molecule has 2 amide bonds. The largest absolute Gasteiger partial charge is 0.352 e. The van der Waals surface area contributed by atoms with Crippen molar-refractivity contribution in [1.29, 1.82) is 0 Å². The number of hydrogen-bond acceptors (Lipinski definition) is 4. The van der Waals surface area contributed by atoms with Crippen LogP contribution in [0.25, 0.3) is 0 Å². The zero-order valence-electron chi connectivity index (χ0n) is 25.6. The van der Waals surface area contributed by atoms with Crippen molar-refractivity contribution in [2.45, 2.75) is 77.4 Å². The molecule has 0 spiro atoms. The second-order valence-corrected chi connectivity index (χ2v) is 14.3. The lowest BCUT2D eigenvalue weighted by atomic mass is 10.0. The van der Waals surface area contributed by atoms with E-state index in [1.807, 2.05) is 56.3 Å². The fourth-order valence-corrected chi connectivity index (χ4v) is 7.08. The quantitative estimate of drug-likeness (QED) is 0.218. The molecule has 1 atom stereocenters. The molecule has 3 aromatic carbocycles. The number of carbonyl (C=O) groups is 2. The summed E-state index contributed by atoms with van der Waals surface area (Å²) in [5, 5.41) is 3.97. The molecule has 0 aromatic heterocycles. The summed E-state index contributed by atoms with van der Waals surface area (Å²) in [7, 11) is -3.60. The maximum atomic E-state index is 14.1. The summed E-state index contributed by atoms with van der Waals surface area (Å²) in [6, 6.07) is 19.7. The van der Waals surface area contributed by atoms with Gasteiger partial charge in [-0.25, -0.2) is 8.42 Å². The molecular formula is C34H41Cl2N3O4S. The third-order valence-electron chi connectivity index (χ3n) is 8.31. The summed E-state index contributed by atoms with van der Waals surface area (Å²) >= 11 is 12.5. The first-order valence-corrected chi connectivity index (χ1v) is 17.7. The van der Waals surface area contributed by atoms with Gasteiger partial charge in [-0.2, -0.15) is 0 Å². The van der Waals surface area contributed by atoms with E-state index < -0.39 is 16.1 Å². The van der Waals surface area contributed by atoms with Crippen molar-refractivity contribution < 1.29 is 18.0 Å². The lowest BCUT2D eigenvalue weighted by molar-refractivity contribution is -0.141. The molecule has 236 valence electrons. The molecule has 0 saturated heterocycles. The van der Waals surface area contributed by atoms with Gasteiger partial charge in [0.15, 0.2) is 0 Å². The highest BCUT2D eigenvalue weighted by Gasteiger charge is 2.32. The number of nitrogens with one attached hydrogen (secondary N) is 1. The Hall–Kier alpha value is -3.07. The fourth-order valence-electron chi connectivity index (χ4n) is 5.74. The SMILES string of the molecule is Cc1cccc(N(CCCC(=O)N(Cc2ccc(Cl)c(Cl)c2)[C@H](Cc2ccccc2)C(=O)NC2CCCC2)S(C)(=O)=O)c1C. The van der Waals surface area contributed by atoms with Gasteiger partial charge >= 0.3 is 0 Å². The van der Waals surface area contributed by atoms with Gasteiger partial charge in [-0.1, -0.05) is 84.6 Å². The van der Waals surface area contributed by atoms with E-state index in [0.717, 1.165) is 47.9 Å². The van der Waals surface area contributed by atoms with Crippen molar-refractivity contribution in [1.82, 2.24) is 10.2 Å². The van der Waals surface area contributed by atoms with Crippen LogP contribution in [0.5, 0.6) is 0 Å². The number of nitrogens with zero attached hydrogens (tertiary/aromatic N) is 2. The molecule has 1 aliphatic carbocycles. The van der Waals surface area contributed by atoms with Crippen molar-refractivity contribution >= 4 is 50.7 Å². The monoisotopic (exact) mass is 657 g/mol. The Morgan fingerprint density at radius 2 is 1.64 bits per heavy atom. The number of halogens is 2. The van der Waals surface area contributed by atoms with E-state index in [1.54, 1.807) is 29.2 Å². The summed E-state index contributed by atoms with van der Waals surface area (Å²) < 4.78 is 27.0. The summed E-state index contributed by atoms with van der Waals surface area (Å²) in [5.41, 5.74) is 4.14. The molecule has 1 aliphatic rings. The van der Waals surface area contributed by atoms with E-state index in [2.05, 4.69) is 5.32 Å². The van der Waals surface area contributed by atoms with Crippen LogP contribution >= 0.6 is 23.2 Å². The first-order valence-electron chi connectivity index (χ1n) is 15.1. The third kappa shape index (κ3) is 8.99. The van der Waals surface area contributed by atoms with E-state index in [0.29, 0.717) is 22.2 Å². The van der Waals surface area contributed by atoms with Crippen molar-refractivity contribution in [3.05, 3.63) is 99.0 Å². The molecule has 3 aromatic rings. The zero-order chi connectivity index (χ0) is 31.9. The number of anilines is 1. The summed E-state index contributed by atoms with van der Waals surface area (Å²) in [4.78, 5) is 29.6. The number of sulfonamides is 1. The van der Waals surface area contributed by atoms with Crippen LogP contribution < -0.4 is 9.62 Å². The zero-order valence-corrected chi connectivity index (χ0v) is 27.9. The van der Waals surface area contributed by atoms with Crippen molar-refractivity contribution in [2.75, 3.05) is 17.1 Å². The lowest BCUT2D eigenvalue weighted by Gasteiger charge is -2.33. The van der Waals surface area contributed by atoms with Crippen LogP contribution in [0.4, 0.5) is 5.69 Å². The van der Waals surface area contributed by atoms with Gasteiger partial charge in [-0.15, -0.1) is 0 Å². The molecule has 0 bridgehead atoms. The van der Waals surface area contributed by atoms with Crippen LogP contribution in [0.3, 0.4) is 0 Å². The topological polar surface area (TPSA) is 86.8 Å². The van der Waals surface area contributed by atoms with Crippen LogP contribution in [0, 0.1) is 13.8 Å². The highest BCUT2D eigenvalue weighted by Crippen LogP contribution is 2.27. The predicted molar refractivity (Wildman–Crippen MR) is 179 cm³/mol. The van der Waals surface area contributed by atoms with Crippen molar-refractivity contribution in [2.24, 2.45) is 0 Å². The van der Waals surface area contributed by atoms with Crippen molar-refractivity contribution in [3.8, 4) is 0 Å². The van der Waals surface area contributed by atoms with Gasteiger partial charge in [0.25, 0.3) is 0 Å². The van der Waals surface area contributed by atoms with Crippen LogP contribution in [-0.2, 0) is 32.6 Å². The molecule has 0 unspecified atom stereocenters. The summed E-state index contributed by atoms with van der Waals surface area (Å²) in [6.45, 7) is 4.11. The van der Waals surface area contributed by atoms with Gasteiger partial charge in [0.05, 0.1) is 22.0 Å². The molecule has 7 nitrogen and oxygen atoms in total. The minimum Gasteiger partial charge on any atom is -0.352 e. The Morgan fingerprint density at radius 3 is 2.30 bits per heavy atom. The molecule has 44 heavy (non-hydrogen) atoms. The number of amides is 2. The minimum absolute atomic E-state index is 0.0558. The van der Waals surface area contributed by atoms with Crippen LogP contribution in [0.1, 0.15) is 60.8 Å². The average Bonchev–Trinajstić information content (AvgIpc) is 3.49. The average molecular weight is 659 g/mol. The van der Waals surface area contributed by atoms with Gasteiger partial charge < -0.3 is 10.2 Å². The first-order chi connectivity index (χ1) is 20.9. The van der Waals surface area contributed by atoms with Gasteiger partial charge in [0.2, 0.25) is 21.8 Å². The van der Waals surface area contributed by atoms with Crippen LogP contribution in [0.2, 0.25) is 10.0 Å². The standard InChI is InChI=1S/C34H41Cl2N3O4S/c1-24-11-9-16-31(25(24)2)39(44(3,42)43)20-10-17-33(40)38(23-27-18-19-29(35)30(36)21-27)32(22-26-12-5-4-6-13-26)34(41)37-28-14-7-8-15-28/h4-6,9,11-13,16,18-19,21,28,32H,7-8,10,14-15,17,20,22-23H2,1-3H3,(H,37,41)/t32-/m1/s1. The van der Waals surface area contributed by atoms with E-state index in [-0.39, 0.29) is 43.8 Å². The number of rotatable bonds is 13. The van der Waals surface area contributed by atoms with Crippen molar-refractivity contribution in [3.63, 3.8) is 0 Å². The fraction of sp³-hybridized carbons (Fsp3) is 0.412. The highest BCUT2D eigenvalue weighted by atomic mass is 35.5. The van der Waals surface area contributed by atoms with Crippen LogP contribution in [-0.4, -0.2) is 50.0 Å². The van der Waals surface area contributed by atoms with Gasteiger partial charge in [0.1, 0.15) is 6.04 Å². The Bertz CT molecular complexity index is 1560. The number of carbonyl (C=O) groups excluding carboxylic acids is 2. The van der Waals surface area contributed by atoms with E-state index in [1.165, 1.54) is 10.6 Å². The Balaban J connectivity index is 1.62. The number of benzene rings is 3. The van der Waals surface area contributed by atoms with Gasteiger partial charge in [0, 0.05) is 32.0 Å². The smallest absolute Gasteiger partial charge is 0.243 e. The summed E-state index contributed by atoms with van der Waals surface area (Å²) in [6.07, 6.45) is 5.82. The molecular weight excluding hydrogens is 617 g/mol. The second-order valence-electron chi connectivity index (χ2n) is 11.6. The number of hydrogen-bond donors (Lipinski definition) is 1. The maximum Gasteiger partial charge on any atom is 0.243 e. The molecule has 1 fully saturated rings. The Morgan fingerprint density at radius 1 is 0.932 bits per heavy atom. The van der Waals surface area contributed by atoms with Gasteiger partial charge in [-0.05, 0) is 73.6 Å². The predicted octanol–water partition coefficient (Wildman–Crippen LogP) is 6.86. The summed E-state index contributed by atoms with van der Waals surface area (Å²) in [5.74, 6) is -0.435. The molecule has 1 N–H and O–H groups in total.